The fourth-order valence-electron chi connectivity index (χ4n) is 2.04. The van der Waals surface area contributed by atoms with Gasteiger partial charge in [0.05, 0.1) is 0 Å². The van der Waals surface area contributed by atoms with Crippen LogP contribution in [-0.2, 0) is 0 Å². The first-order valence-corrected chi connectivity index (χ1v) is 5.31. The summed E-state index contributed by atoms with van der Waals surface area (Å²) in [4.78, 5) is 2.58. The van der Waals surface area contributed by atoms with Crippen molar-refractivity contribution < 1.29 is 0 Å². The monoisotopic (exact) mass is 181 g/mol. The van der Waals surface area contributed by atoms with Gasteiger partial charge in [0, 0.05) is 5.54 Å². The van der Waals surface area contributed by atoms with Crippen molar-refractivity contribution in [1.82, 2.24) is 4.90 Å². The second kappa shape index (κ2) is 3.83. The zero-order valence-electron chi connectivity index (χ0n) is 9.56. The minimum absolute atomic E-state index is 0.347. The van der Waals surface area contributed by atoms with Gasteiger partial charge in [0.2, 0.25) is 0 Å². The zero-order chi connectivity index (χ0) is 10.1. The molecule has 0 N–H and O–H groups in total. The molecule has 0 unspecified atom stereocenters. The number of nitrogens with zero attached hydrogens (tertiary/aromatic N) is 1. The van der Waals surface area contributed by atoms with Gasteiger partial charge in [0.25, 0.3) is 0 Å². The van der Waals surface area contributed by atoms with Crippen molar-refractivity contribution in [3.63, 3.8) is 0 Å². The van der Waals surface area contributed by atoms with Gasteiger partial charge in [-0.2, -0.15) is 0 Å². The Kier molecular flexibility index (Phi) is 3.18. The highest BCUT2D eigenvalue weighted by molar-refractivity contribution is 4.99. The summed E-state index contributed by atoms with van der Waals surface area (Å²) in [6.45, 7) is 15.6. The molecule has 1 saturated heterocycles. The molecule has 0 amide bonds. The van der Waals surface area contributed by atoms with E-state index in [2.05, 4.69) is 39.2 Å². The van der Waals surface area contributed by atoms with Crippen LogP contribution in [0.5, 0.6) is 0 Å². The molecule has 0 aromatic rings. The predicted octanol–water partition coefficient (Wildman–Crippen LogP) is 3.07. The molecule has 0 bridgehead atoms. The molecule has 0 aliphatic carbocycles. The SMILES string of the molecule is C=C(C)C1CCN(C(C)(C)C)CC1. The minimum Gasteiger partial charge on any atom is -0.298 e. The number of allylic oxidation sites excluding steroid dienone is 1. The van der Waals surface area contributed by atoms with E-state index in [4.69, 9.17) is 0 Å². The van der Waals surface area contributed by atoms with Crippen molar-refractivity contribution in [2.24, 2.45) is 5.92 Å². The van der Waals surface area contributed by atoms with E-state index in [9.17, 15) is 0 Å². The molecule has 1 heteroatoms. The van der Waals surface area contributed by atoms with Crippen LogP contribution in [0.1, 0.15) is 40.5 Å². The number of piperidine rings is 1. The van der Waals surface area contributed by atoms with Crippen LogP contribution in [0.2, 0.25) is 0 Å². The van der Waals surface area contributed by atoms with E-state index < -0.39 is 0 Å². The number of likely N-dealkylation sites (tertiary alicyclic amines) is 1. The maximum absolute atomic E-state index is 4.05. The number of hydrogen-bond acceptors (Lipinski definition) is 1. The maximum Gasteiger partial charge on any atom is 0.0125 e. The lowest BCUT2D eigenvalue weighted by atomic mass is 9.89. The lowest BCUT2D eigenvalue weighted by Crippen LogP contribution is -2.46. The first-order chi connectivity index (χ1) is 5.91. The Morgan fingerprint density at radius 1 is 1.23 bits per heavy atom. The number of rotatable bonds is 1. The topological polar surface area (TPSA) is 3.24 Å². The first-order valence-electron chi connectivity index (χ1n) is 5.31. The lowest BCUT2D eigenvalue weighted by molar-refractivity contribution is 0.0950. The second-order valence-corrected chi connectivity index (χ2v) is 5.28. The van der Waals surface area contributed by atoms with Crippen molar-refractivity contribution >= 4 is 0 Å². The van der Waals surface area contributed by atoms with Gasteiger partial charge in [-0.15, -0.1) is 0 Å². The van der Waals surface area contributed by atoms with E-state index >= 15 is 0 Å². The highest BCUT2D eigenvalue weighted by Crippen LogP contribution is 2.27. The van der Waals surface area contributed by atoms with Gasteiger partial charge in [-0.05, 0) is 59.5 Å². The van der Waals surface area contributed by atoms with Gasteiger partial charge in [0.1, 0.15) is 0 Å². The van der Waals surface area contributed by atoms with Crippen molar-refractivity contribution in [1.29, 1.82) is 0 Å². The van der Waals surface area contributed by atoms with Crippen LogP contribution in [0.25, 0.3) is 0 Å². The number of hydrogen-bond donors (Lipinski definition) is 0. The van der Waals surface area contributed by atoms with E-state index in [0.29, 0.717) is 5.54 Å². The van der Waals surface area contributed by atoms with Gasteiger partial charge in [-0.3, -0.25) is 4.90 Å². The normalized spacial score (nSPS) is 21.8. The molecule has 1 rings (SSSR count). The summed E-state index contributed by atoms with van der Waals surface area (Å²) in [7, 11) is 0. The molecule has 1 fully saturated rings. The third kappa shape index (κ3) is 2.84. The summed E-state index contributed by atoms with van der Waals surface area (Å²) in [5.41, 5.74) is 1.72. The minimum atomic E-state index is 0.347. The fourth-order valence-corrected chi connectivity index (χ4v) is 2.04. The molecule has 1 aliphatic heterocycles. The molecule has 1 heterocycles. The Labute approximate surface area is 82.8 Å². The molecule has 0 aromatic heterocycles. The van der Waals surface area contributed by atoms with Crippen LogP contribution in [0.4, 0.5) is 0 Å². The van der Waals surface area contributed by atoms with Crippen LogP contribution >= 0.6 is 0 Å². The summed E-state index contributed by atoms with van der Waals surface area (Å²) in [5, 5.41) is 0. The molecule has 0 aromatic carbocycles. The molecule has 1 aliphatic rings. The maximum atomic E-state index is 4.05. The third-order valence-corrected chi connectivity index (χ3v) is 3.14. The Balaban J connectivity index is 2.44. The van der Waals surface area contributed by atoms with Gasteiger partial charge in [-0.25, -0.2) is 0 Å². The molecule has 0 atom stereocenters. The molecule has 0 saturated carbocycles. The van der Waals surface area contributed by atoms with Gasteiger partial charge in [-0.1, -0.05) is 12.2 Å². The van der Waals surface area contributed by atoms with E-state index in [0.717, 1.165) is 5.92 Å². The van der Waals surface area contributed by atoms with Crippen molar-refractivity contribution in [3.05, 3.63) is 12.2 Å². The van der Waals surface area contributed by atoms with Crippen molar-refractivity contribution in [2.45, 2.75) is 46.1 Å². The standard InChI is InChI=1S/C12H23N/c1-10(2)11-6-8-13(9-7-11)12(3,4)5/h11H,1,6-9H2,2-5H3. The average molecular weight is 181 g/mol. The van der Waals surface area contributed by atoms with Crippen molar-refractivity contribution in [2.75, 3.05) is 13.1 Å². The Hall–Kier alpha value is -0.300. The van der Waals surface area contributed by atoms with Gasteiger partial charge < -0.3 is 0 Å². The summed E-state index contributed by atoms with van der Waals surface area (Å²) in [5.74, 6) is 0.776. The smallest absolute Gasteiger partial charge is 0.0125 e. The molecule has 76 valence electrons. The van der Waals surface area contributed by atoms with Crippen LogP contribution in [0.15, 0.2) is 12.2 Å². The van der Waals surface area contributed by atoms with E-state index in [1.165, 1.54) is 31.5 Å². The fraction of sp³-hybridized carbons (Fsp3) is 0.833. The third-order valence-electron chi connectivity index (χ3n) is 3.14. The van der Waals surface area contributed by atoms with Crippen LogP contribution in [-0.4, -0.2) is 23.5 Å². The Bertz CT molecular complexity index is 180. The van der Waals surface area contributed by atoms with Gasteiger partial charge in [0.15, 0.2) is 0 Å². The molecular weight excluding hydrogens is 158 g/mol. The van der Waals surface area contributed by atoms with Crippen LogP contribution < -0.4 is 0 Å². The summed E-state index contributed by atoms with van der Waals surface area (Å²) in [6, 6.07) is 0. The molecule has 13 heavy (non-hydrogen) atoms. The summed E-state index contributed by atoms with van der Waals surface area (Å²) in [6.07, 6.45) is 2.60. The molecular formula is C12H23N. The zero-order valence-corrected chi connectivity index (χ0v) is 9.56. The quantitative estimate of drug-likeness (QED) is 0.562. The second-order valence-electron chi connectivity index (χ2n) is 5.28. The molecule has 1 nitrogen and oxygen atoms in total. The highest BCUT2D eigenvalue weighted by Gasteiger charge is 2.26. The molecule has 0 radical (unpaired) electrons. The van der Waals surface area contributed by atoms with Gasteiger partial charge >= 0.3 is 0 Å². The van der Waals surface area contributed by atoms with E-state index in [1.54, 1.807) is 0 Å². The largest absolute Gasteiger partial charge is 0.298 e. The summed E-state index contributed by atoms with van der Waals surface area (Å²) < 4.78 is 0. The van der Waals surface area contributed by atoms with Crippen LogP contribution in [0.3, 0.4) is 0 Å². The first kappa shape index (κ1) is 10.8. The lowest BCUT2D eigenvalue weighted by Gasteiger charge is -2.41. The average Bonchev–Trinajstić information content (AvgIpc) is 2.03. The highest BCUT2D eigenvalue weighted by atomic mass is 15.2. The Morgan fingerprint density at radius 2 is 1.69 bits per heavy atom. The summed E-state index contributed by atoms with van der Waals surface area (Å²) >= 11 is 0. The van der Waals surface area contributed by atoms with Crippen LogP contribution in [0, 0.1) is 5.92 Å². The van der Waals surface area contributed by atoms with E-state index in [-0.39, 0.29) is 0 Å². The van der Waals surface area contributed by atoms with Crippen molar-refractivity contribution in [3.8, 4) is 0 Å². The molecule has 0 spiro atoms. The Morgan fingerprint density at radius 3 is 2.00 bits per heavy atom. The van der Waals surface area contributed by atoms with E-state index in [1.807, 2.05) is 0 Å². The predicted molar refractivity (Wildman–Crippen MR) is 58.9 cm³/mol.